The van der Waals surface area contributed by atoms with E-state index in [2.05, 4.69) is 36.5 Å². The van der Waals surface area contributed by atoms with Crippen molar-refractivity contribution < 1.29 is 18.7 Å². The number of nitrogen functional groups attached to an aromatic ring is 1. The summed E-state index contributed by atoms with van der Waals surface area (Å²) in [7, 11) is 0. The lowest BCUT2D eigenvalue weighted by Gasteiger charge is -2.10. The highest BCUT2D eigenvalue weighted by atomic mass is 79.9. The summed E-state index contributed by atoms with van der Waals surface area (Å²) in [5, 5.41) is 5.31. The molecule has 1 atom stereocenters. The molecule has 1 saturated heterocycles. The van der Waals surface area contributed by atoms with Gasteiger partial charge < -0.3 is 25.5 Å². The molecule has 0 aliphatic carbocycles. The molecule has 0 radical (unpaired) electrons. The lowest BCUT2D eigenvalue weighted by Crippen LogP contribution is -2.33. The van der Waals surface area contributed by atoms with Crippen LogP contribution < -0.4 is 21.9 Å². The van der Waals surface area contributed by atoms with Gasteiger partial charge in [-0.25, -0.2) is 4.98 Å². The first kappa shape index (κ1) is 20.4. The first-order valence-corrected chi connectivity index (χ1v) is 10.2. The van der Waals surface area contributed by atoms with Crippen molar-refractivity contribution in [1.82, 2.24) is 15.3 Å². The van der Waals surface area contributed by atoms with Crippen LogP contribution in [0.4, 0.5) is 11.5 Å². The molecule has 2 amide bonds. The number of anilines is 2. The van der Waals surface area contributed by atoms with Gasteiger partial charge in [-0.2, -0.15) is 0 Å². The van der Waals surface area contributed by atoms with Gasteiger partial charge in [-0.15, -0.1) is 0 Å². The molecule has 0 aromatic carbocycles. The second kappa shape index (κ2) is 9.26. The van der Waals surface area contributed by atoms with Crippen LogP contribution in [-0.4, -0.2) is 46.8 Å². The number of nitrogens with one attached hydrogen (secondary N) is 3. The van der Waals surface area contributed by atoms with Crippen molar-refractivity contribution in [1.29, 1.82) is 0 Å². The fourth-order valence-corrected chi connectivity index (χ4v) is 3.49. The van der Waals surface area contributed by atoms with Crippen molar-refractivity contribution in [3.05, 3.63) is 32.9 Å². The molecule has 3 rings (SSSR count). The van der Waals surface area contributed by atoms with Crippen LogP contribution in [0.3, 0.4) is 0 Å². The zero-order chi connectivity index (χ0) is 20.1. The Morgan fingerprint density at radius 3 is 2.89 bits per heavy atom. The Balaban J connectivity index is 1.56. The average Bonchev–Trinajstić information content (AvgIpc) is 3.32. The number of aromatic amines is 1. The molecule has 1 unspecified atom stereocenters. The van der Waals surface area contributed by atoms with Crippen molar-refractivity contribution in [3.63, 3.8) is 0 Å². The number of ether oxygens (including phenoxy) is 1. The third-order valence-electron chi connectivity index (χ3n) is 3.85. The summed E-state index contributed by atoms with van der Waals surface area (Å²) >= 11 is 4.12. The van der Waals surface area contributed by atoms with E-state index in [0.717, 1.165) is 31.2 Å². The van der Waals surface area contributed by atoms with Crippen molar-refractivity contribution in [2.24, 2.45) is 0 Å². The van der Waals surface area contributed by atoms with E-state index in [1.165, 1.54) is 6.07 Å². The van der Waals surface area contributed by atoms with Crippen LogP contribution in [0.2, 0.25) is 0 Å². The number of aromatic nitrogens is 2. The predicted molar refractivity (Wildman–Crippen MR) is 106 cm³/mol. The highest BCUT2D eigenvalue weighted by Gasteiger charge is 2.18. The minimum Gasteiger partial charge on any atom is -0.444 e. The summed E-state index contributed by atoms with van der Waals surface area (Å²) in [4.78, 5) is 42.7. The van der Waals surface area contributed by atoms with E-state index in [1.54, 1.807) is 6.07 Å². The second-order valence-corrected chi connectivity index (χ2v) is 7.66. The Kier molecular flexibility index (Phi) is 6.75. The van der Waals surface area contributed by atoms with Gasteiger partial charge in [0.25, 0.3) is 11.5 Å². The van der Waals surface area contributed by atoms with Crippen molar-refractivity contribution in [2.75, 3.05) is 30.0 Å². The van der Waals surface area contributed by atoms with Crippen molar-refractivity contribution in [3.8, 4) is 0 Å². The van der Waals surface area contributed by atoms with Crippen LogP contribution in [0.25, 0.3) is 0 Å². The number of nitrogens with zero attached hydrogens (tertiary/aromatic N) is 1. The molecule has 0 bridgehead atoms. The molecule has 1 aliphatic heterocycles. The van der Waals surface area contributed by atoms with Gasteiger partial charge >= 0.3 is 0 Å². The molecule has 150 valence electrons. The molecule has 2 aromatic heterocycles. The summed E-state index contributed by atoms with van der Waals surface area (Å²) in [5.41, 5.74) is 4.96. The Labute approximate surface area is 172 Å². The highest BCUT2D eigenvalue weighted by molar-refractivity contribution is 9.10. The number of hydrogen-bond donors (Lipinski definition) is 4. The molecule has 28 heavy (non-hydrogen) atoms. The van der Waals surface area contributed by atoms with Gasteiger partial charge in [-0.05, 0) is 40.9 Å². The second-order valence-electron chi connectivity index (χ2n) is 5.92. The maximum atomic E-state index is 12.2. The molecule has 0 spiro atoms. The summed E-state index contributed by atoms with van der Waals surface area (Å²) < 4.78 is 10.9. The van der Waals surface area contributed by atoms with Crippen LogP contribution in [0, 0.1) is 0 Å². The number of carbonyl (C=O) groups is 2. The molecule has 1 fully saturated rings. The summed E-state index contributed by atoms with van der Waals surface area (Å²) in [6.07, 6.45) is 1.99. The summed E-state index contributed by atoms with van der Waals surface area (Å²) in [6.45, 7) is 1.18. The maximum absolute atomic E-state index is 12.2. The van der Waals surface area contributed by atoms with Crippen molar-refractivity contribution >= 4 is 51.0 Å². The molecule has 10 nitrogen and oxygen atoms in total. The number of rotatable bonds is 7. The summed E-state index contributed by atoms with van der Waals surface area (Å²) in [5.74, 6) is -0.945. The van der Waals surface area contributed by atoms with Crippen LogP contribution in [-0.2, 0) is 9.53 Å². The molecule has 2 aromatic rings. The first-order valence-electron chi connectivity index (χ1n) is 8.40. The van der Waals surface area contributed by atoms with Crippen molar-refractivity contribution in [2.45, 2.75) is 24.1 Å². The van der Waals surface area contributed by atoms with E-state index in [0.29, 0.717) is 11.2 Å². The van der Waals surface area contributed by atoms with Gasteiger partial charge in [0.2, 0.25) is 5.91 Å². The third-order valence-corrected chi connectivity index (χ3v) is 5.15. The van der Waals surface area contributed by atoms with Crippen LogP contribution >= 0.6 is 27.7 Å². The lowest BCUT2D eigenvalue weighted by atomic mass is 10.2. The Hall–Kier alpha value is -2.31. The molecular weight excluding hydrogens is 454 g/mol. The van der Waals surface area contributed by atoms with E-state index in [-0.39, 0.29) is 40.2 Å². The normalized spacial score (nSPS) is 16.1. The number of nitrogens with two attached hydrogens (primary N) is 1. The standard InChI is InChI=1S/C16H18BrN5O5S/c17-10-4-3-9(27-10)14(24)20-12-13(18)21-16(22-15(12)25)28-7-11(23)19-6-8-2-1-5-26-8/h3-4,8H,1-2,5-7H2,(H,19,23)(H,20,24)(H3,18,21,22,25). The zero-order valence-corrected chi connectivity index (χ0v) is 17.0. The molecule has 12 heteroatoms. The number of thioether (sulfide) groups is 1. The number of furan rings is 1. The maximum Gasteiger partial charge on any atom is 0.291 e. The lowest BCUT2D eigenvalue weighted by molar-refractivity contribution is -0.119. The van der Waals surface area contributed by atoms with Gasteiger partial charge in [0.1, 0.15) is 0 Å². The van der Waals surface area contributed by atoms with E-state index >= 15 is 0 Å². The van der Waals surface area contributed by atoms with Gasteiger partial charge in [0.05, 0.1) is 11.9 Å². The fraction of sp³-hybridized carbons (Fsp3) is 0.375. The monoisotopic (exact) mass is 471 g/mol. The SMILES string of the molecule is Nc1nc(SCC(=O)NCC2CCCO2)[nH]c(=O)c1NC(=O)c1ccc(Br)o1. The number of hydrogen-bond acceptors (Lipinski definition) is 8. The van der Waals surface area contributed by atoms with Gasteiger partial charge in [-0.1, -0.05) is 11.8 Å². The average molecular weight is 472 g/mol. The molecule has 3 heterocycles. The molecular formula is C16H18BrN5O5S. The number of halogens is 1. The first-order chi connectivity index (χ1) is 13.4. The largest absolute Gasteiger partial charge is 0.444 e. The van der Waals surface area contributed by atoms with Crippen LogP contribution in [0.1, 0.15) is 23.4 Å². The third kappa shape index (κ3) is 5.36. The summed E-state index contributed by atoms with van der Waals surface area (Å²) in [6, 6.07) is 2.99. The Bertz CT molecular complexity index is 924. The van der Waals surface area contributed by atoms with E-state index in [9.17, 15) is 14.4 Å². The quantitative estimate of drug-likeness (QED) is 0.348. The number of carbonyl (C=O) groups excluding carboxylic acids is 2. The topological polar surface area (TPSA) is 152 Å². The minimum absolute atomic E-state index is 0.00652. The zero-order valence-electron chi connectivity index (χ0n) is 14.6. The minimum atomic E-state index is -0.640. The van der Waals surface area contributed by atoms with Gasteiger partial charge in [0.15, 0.2) is 27.1 Å². The Morgan fingerprint density at radius 1 is 1.43 bits per heavy atom. The molecule has 5 N–H and O–H groups in total. The van der Waals surface area contributed by atoms with Crippen LogP contribution in [0.5, 0.6) is 0 Å². The fourth-order valence-electron chi connectivity index (χ4n) is 2.49. The van der Waals surface area contributed by atoms with E-state index in [1.807, 2.05) is 0 Å². The van der Waals surface area contributed by atoms with Gasteiger partial charge in [0, 0.05) is 13.2 Å². The Morgan fingerprint density at radius 2 is 2.25 bits per heavy atom. The van der Waals surface area contributed by atoms with Crippen LogP contribution in [0.15, 0.2) is 31.2 Å². The smallest absolute Gasteiger partial charge is 0.291 e. The predicted octanol–water partition coefficient (Wildman–Crippen LogP) is 1.35. The highest BCUT2D eigenvalue weighted by Crippen LogP contribution is 2.19. The number of H-pyrrole nitrogens is 1. The van der Waals surface area contributed by atoms with E-state index < -0.39 is 11.5 Å². The van der Waals surface area contributed by atoms with E-state index in [4.69, 9.17) is 14.9 Å². The van der Waals surface area contributed by atoms with Gasteiger partial charge in [-0.3, -0.25) is 19.4 Å². The number of amides is 2. The molecule has 0 saturated carbocycles. The molecule has 1 aliphatic rings.